The van der Waals surface area contributed by atoms with Crippen molar-refractivity contribution in [2.45, 2.75) is 38.9 Å². The number of Topliss-reactive ketones (excluding diaryl/α,β-unsaturated/α-hetero) is 2. The van der Waals surface area contributed by atoms with Gasteiger partial charge in [0.05, 0.1) is 19.6 Å². The SMILES string of the molecule is COC(=O)C1=CC2(C)C(=O)C(C)(O)C1C1C2(C(=O)OC)C=C(C)C(=O)[C@@]1(C)O. The minimum absolute atomic E-state index is 0.0554. The van der Waals surface area contributed by atoms with Gasteiger partial charge in [0, 0.05) is 17.4 Å². The van der Waals surface area contributed by atoms with Gasteiger partial charge in [0.1, 0.15) is 16.6 Å². The zero-order valence-corrected chi connectivity index (χ0v) is 16.7. The van der Waals surface area contributed by atoms with Gasteiger partial charge >= 0.3 is 11.9 Å². The lowest BCUT2D eigenvalue weighted by atomic mass is 9.36. The molecule has 152 valence electrons. The van der Waals surface area contributed by atoms with Crippen LogP contribution < -0.4 is 0 Å². The quantitative estimate of drug-likeness (QED) is 0.634. The number of ketones is 2. The zero-order valence-electron chi connectivity index (χ0n) is 16.7. The Kier molecular flexibility index (Phi) is 4.09. The fourth-order valence-electron chi connectivity index (χ4n) is 5.66. The van der Waals surface area contributed by atoms with Gasteiger partial charge in [0.2, 0.25) is 0 Å². The normalized spacial score (nSPS) is 44.4. The number of allylic oxidation sites excluding steroid dienone is 1. The van der Waals surface area contributed by atoms with Crippen LogP contribution in [-0.4, -0.2) is 59.1 Å². The van der Waals surface area contributed by atoms with Crippen LogP contribution in [0.5, 0.6) is 0 Å². The largest absolute Gasteiger partial charge is 0.468 e. The van der Waals surface area contributed by atoms with Gasteiger partial charge in [-0.15, -0.1) is 0 Å². The van der Waals surface area contributed by atoms with Crippen LogP contribution in [0.2, 0.25) is 0 Å². The third-order valence-corrected chi connectivity index (χ3v) is 6.81. The van der Waals surface area contributed by atoms with Crippen LogP contribution in [0.15, 0.2) is 23.3 Å². The van der Waals surface area contributed by atoms with Gasteiger partial charge in [-0.2, -0.15) is 0 Å². The second-order valence-electron chi connectivity index (χ2n) is 8.39. The van der Waals surface area contributed by atoms with E-state index in [1.165, 1.54) is 39.8 Å². The molecule has 5 unspecified atom stereocenters. The third kappa shape index (κ3) is 1.97. The minimum Gasteiger partial charge on any atom is -0.468 e. The summed E-state index contributed by atoms with van der Waals surface area (Å²) in [5.74, 6) is -5.66. The van der Waals surface area contributed by atoms with Crippen LogP contribution in [-0.2, 0) is 28.7 Å². The molecule has 0 spiro atoms. The average molecular weight is 392 g/mol. The molecule has 1 saturated carbocycles. The van der Waals surface area contributed by atoms with Crippen molar-refractivity contribution in [1.29, 1.82) is 0 Å². The van der Waals surface area contributed by atoms with Crippen molar-refractivity contribution in [3.05, 3.63) is 23.3 Å². The maximum absolute atomic E-state index is 13.3. The summed E-state index contributed by atoms with van der Waals surface area (Å²) in [5.41, 5.74) is -7.74. The number of aliphatic hydroxyl groups is 2. The smallest absolute Gasteiger partial charge is 0.333 e. The van der Waals surface area contributed by atoms with E-state index in [0.29, 0.717) is 0 Å². The summed E-state index contributed by atoms with van der Waals surface area (Å²) in [4.78, 5) is 51.7. The number of ether oxygens (including phenoxy) is 2. The van der Waals surface area contributed by atoms with Crippen molar-refractivity contribution >= 4 is 23.5 Å². The van der Waals surface area contributed by atoms with Gasteiger partial charge in [-0.05, 0) is 33.3 Å². The standard InChI is InChI=1S/C20H24O8/c1-9-7-20(16(24)28-6)12(19(4,26)13(9)21)11-10(14(22)27-5)8-17(20,2)15(23)18(11,3)25/h7-8,11-12,25-26H,1-6H3/t11?,12?,17?,18?,19-,20?/m0/s1. The summed E-state index contributed by atoms with van der Waals surface area (Å²) in [5, 5.41) is 22.4. The number of hydrogen-bond acceptors (Lipinski definition) is 8. The molecule has 0 aromatic rings. The van der Waals surface area contributed by atoms with E-state index in [2.05, 4.69) is 0 Å². The maximum atomic E-state index is 13.3. The van der Waals surface area contributed by atoms with E-state index in [-0.39, 0.29) is 11.1 Å². The fraction of sp³-hybridized carbons (Fsp3) is 0.600. The minimum atomic E-state index is -2.14. The fourth-order valence-corrected chi connectivity index (χ4v) is 5.66. The van der Waals surface area contributed by atoms with Crippen LogP contribution >= 0.6 is 0 Å². The highest BCUT2D eigenvalue weighted by Gasteiger charge is 2.79. The van der Waals surface area contributed by atoms with Crippen LogP contribution in [0.1, 0.15) is 27.7 Å². The predicted molar refractivity (Wildman–Crippen MR) is 94.7 cm³/mol. The second kappa shape index (κ2) is 5.61. The van der Waals surface area contributed by atoms with Gasteiger partial charge in [-0.1, -0.05) is 12.2 Å². The Morgan fingerprint density at radius 1 is 1.00 bits per heavy atom. The molecule has 0 heterocycles. The Morgan fingerprint density at radius 2 is 1.57 bits per heavy atom. The molecule has 6 atom stereocenters. The lowest BCUT2D eigenvalue weighted by Crippen LogP contribution is -2.77. The highest BCUT2D eigenvalue weighted by molar-refractivity contribution is 6.11. The molecule has 8 heteroatoms. The summed E-state index contributed by atoms with van der Waals surface area (Å²) < 4.78 is 9.80. The first-order chi connectivity index (χ1) is 12.7. The first-order valence-corrected chi connectivity index (χ1v) is 8.88. The lowest BCUT2D eigenvalue weighted by molar-refractivity contribution is -0.216. The van der Waals surface area contributed by atoms with E-state index >= 15 is 0 Å². The van der Waals surface area contributed by atoms with E-state index < -0.39 is 57.4 Å². The summed E-state index contributed by atoms with van der Waals surface area (Å²) in [6.45, 7) is 5.30. The molecule has 0 aromatic carbocycles. The number of hydrogen-bond donors (Lipinski definition) is 2. The van der Waals surface area contributed by atoms with Crippen LogP contribution in [0.3, 0.4) is 0 Å². The average Bonchev–Trinajstić information content (AvgIpc) is 2.63. The van der Waals surface area contributed by atoms with Gasteiger partial charge in [-0.25, -0.2) is 4.79 Å². The molecule has 2 bridgehead atoms. The van der Waals surface area contributed by atoms with E-state index in [9.17, 15) is 29.4 Å². The Bertz CT molecular complexity index is 877. The summed E-state index contributed by atoms with van der Waals surface area (Å²) in [6.07, 6.45) is 2.65. The monoisotopic (exact) mass is 392 g/mol. The predicted octanol–water partition coefficient (Wildman–Crippen LogP) is 0.111. The van der Waals surface area contributed by atoms with Crippen molar-refractivity contribution in [3.63, 3.8) is 0 Å². The van der Waals surface area contributed by atoms with E-state index in [0.717, 1.165) is 14.2 Å². The number of carbonyl (C=O) groups excluding carboxylic acids is 4. The third-order valence-electron chi connectivity index (χ3n) is 6.81. The van der Waals surface area contributed by atoms with Gasteiger partial charge in [0.25, 0.3) is 0 Å². The topological polar surface area (TPSA) is 127 Å². The first-order valence-electron chi connectivity index (χ1n) is 8.88. The summed E-state index contributed by atoms with van der Waals surface area (Å²) in [7, 11) is 2.29. The zero-order chi connectivity index (χ0) is 21.4. The lowest BCUT2D eigenvalue weighted by Gasteiger charge is -2.65. The molecule has 4 rings (SSSR count). The van der Waals surface area contributed by atoms with Crippen molar-refractivity contribution in [2.75, 3.05) is 14.2 Å². The number of esters is 2. The highest BCUT2D eigenvalue weighted by atomic mass is 16.5. The molecule has 28 heavy (non-hydrogen) atoms. The number of fused-ring (bicyclic) bond motifs is 1. The highest BCUT2D eigenvalue weighted by Crippen LogP contribution is 2.68. The first kappa shape index (κ1) is 20.4. The van der Waals surface area contributed by atoms with Gasteiger partial charge in [-0.3, -0.25) is 14.4 Å². The number of carbonyl (C=O) groups is 4. The molecule has 2 N–H and O–H groups in total. The van der Waals surface area contributed by atoms with E-state index in [1.807, 2.05) is 0 Å². The van der Waals surface area contributed by atoms with Crippen molar-refractivity contribution in [1.82, 2.24) is 0 Å². The van der Waals surface area contributed by atoms with Crippen LogP contribution in [0.4, 0.5) is 0 Å². The van der Waals surface area contributed by atoms with Crippen LogP contribution in [0.25, 0.3) is 0 Å². The Labute approximate surface area is 162 Å². The van der Waals surface area contributed by atoms with Gasteiger partial charge in [0.15, 0.2) is 11.6 Å². The molecule has 0 saturated heterocycles. The van der Waals surface area contributed by atoms with E-state index in [1.54, 1.807) is 0 Å². The molecule has 1 fully saturated rings. The Hall–Kier alpha value is -2.32. The van der Waals surface area contributed by atoms with Crippen molar-refractivity contribution in [2.24, 2.45) is 22.7 Å². The molecule has 0 aliphatic heterocycles. The molecule has 0 radical (unpaired) electrons. The molecule has 4 aliphatic carbocycles. The second-order valence-corrected chi connectivity index (χ2v) is 8.39. The van der Waals surface area contributed by atoms with Crippen molar-refractivity contribution in [3.8, 4) is 0 Å². The number of methoxy groups -OCH3 is 2. The Morgan fingerprint density at radius 3 is 2.07 bits per heavy atom. The summed E-state index contributed by atoms with van der Waals surface area (Å²) >= 11 is 0. The molecule has 8 nitrogen and oxygen atoms in total. The molecular weight excluding hydrogens is 368 g/mol. The summed E-state index contributed by atoms with van der Waals surface area (Å²) in [6, 6.07) is 0. The Balaban J connectivity index is 2.52. The molecule has 0 aromatic heterocycles. The van der Waals surface area contributed by atoms with Crippen LogP contribution in [0, 0.1) is 22.7 Å². The number of rotatable bonds is 2. The molecule has 0 amide bonds. The van der Waals surface area contributed by atoms with Gasteiger partial charge < -0.3 is 19.7 Å². The van der Waals surface area contributed by atoms with Crippen molar-refractivity contribution < 1.29 is 38.9 Å². The molecular formula is C20H24O8. The maximum Gasteiger partial charge on any atom is 0.333 e. The molecule has 4 aliphatic rings. The van der Waals surface area contributed by atoms with E-state index in [4.69, 9.17) is 9.47 Å².